The topological polar surface area (TPSA) is 111 Å². The molecule has 178 valence electrons. The van der Waals surface area contributed by atoms with Crippen molar-refractivity contribution in [3.63, 3.8) is 0 Å². The number of nitrogens with zero attached hydrogens (tertiary/aromatic N) is 4. The van der Waals surface area contributed by atoms with Gasteiger partial charge in [0.15, 0.2) is 0 Å². The summed E-state index contributed by atoms with van der Waals surface area (Å²) in [7, 11) is 0. The van der Waals surface area contributed by atoms with E-state index in [9.17, 15) is 19.4 Å². The predicted molar refractivity (Wildman–Crippen MR) is 136 cm³/mol. The molecule has 1 fully saturated rings. The van der Waals surface area contributed by atoms with Gasteiger partial charge in [-0.2, -0.15) is 0 Å². The van der Waals surface area contributed by atoms with Gasteiger partial charge in [0.25, 0.3) is 5.91 Å². The van der Waals surface area contributed by atoms with Crippen LogP contribution in [0.3, 0.4) is 0 Å². The molecule has 0 aliphatic carbocycles. The molecule has 1 amide bonds. The van der Waals surface area contributed by atoms with Gasteiger partial charge >= 0.3 is 0 Å². The highest BCUT2D eigenvalue weighted by Crippen LogP contribution is 2.33. The van der Waals surface area contributed by atoms with Crippen LogP contribution in [0, 0.1) is 6.92 Å². The first kappa shape index (κ1) is 24.7. The summed E-state index contributed by atoms with van der Waals surface area (Å²) in [5.41, 5.74) is 3.55. The Hall–Kier alpha value is -2.41. The summed E-state index contributed by atoms with van der Waals surface area (Å²) in [5, 5.41) is 22.8. The maximum atomic E-state index is 13.6. The standard InChI is InChI=1S/C23H22ClFIN5O3/c1-13-18(9-27-12-29-13)17-6-15(8-28-21(17)31-10-19(32)20(33)11-31)22(34)30-16-4-2-14(3-5-16)7-23(24,25)26/h2-6,8-9,12,19-20,32-33H,7,10-11H2,1H3,(H,30,34)/t19-,20-,23?/m1/s1. The number of halogens is 3. The highest BCUT2D eigenvalue weighted by atomic mass is 127. The number of hydrogen-bond acceptors (Lipinski definition) is 7. The molecular formula is C23H22ClFIN5O3. The minimum Gasteiger partial charge on any atom is -0.389 e. The third-order valence-electron chi connectivity index (χ3n) is 5.51. The van der Waals surface area contributed by atoms with Crippen molar-refractivity contribution in [2.24, 2.45) is 0 Å². The van der Waals surface area contributed by atoms with Gasteiger partial charge in [0.05, 0.1) is 17.8 Å². The largest absolute Gasteiger partial charge is 0.389 e. The minimum atomic E-state index is -1.87. The van der Waals surface area contributed by atoms with E-state index in [0.29, 0.717) is 39.5 Å². The number of amides is 1. The third kappa shape index (κ3) is 5.80. The Morgan fingerprint density at radius 2 is 1.88 bits per heavy atom. The molecule has 8 nitrogen and oxygen atoms in total. The van der Waals surface area contributed by atoms with Gasteiger partial charge in [0.2, 0.25) is 3.13 Å². The van der Waals surface area contributed by atoms with Crippen molar-refractivity contribution < 1.29 is 19.4 Å². The second kappa shape index (κ2) is 10.1. The number of aliphatic hydroxyl groups is 2. The number of β-amino-alcohol motifs (C(OH)–C–C–N with tert-alkyl or cyclic N) is 2. The quantitative estimate of drug-likeness (QED) is 0.295. The molecule has 3 atom stereocenters. The molecule has 1 aromatic carbocycles. The highest BCUT2D eigenvalue weighted by molar-refractivity contribution is 14.1. The fourth-order valence-corrected chi connectivity index (χ4v) is 4.36. The maximum absolute atomic E-state index is 13.6. The molecule has 3 heterocycles. The lowest BCUT2D eigenvalue weighted by Gasteiger charge is -2.21. The van der Waals surface area contributed by atoms with Crippen LogP contribution in [0.2, 0.25) is 0 Å². The van der Waals surface area contributed by atoms with Crippen LogP contribution in [-0.2, 0) is 6.42 Å². The predicted octanol–water partition coefficient (Wildman–Crippen LogP) is 3.48. The van der Waals surface area contributed by atoms with Crippen LogP contribution < -0.4 is 10.2 Å². The summed E-state index contributed by atoms with van der Waals surface area (Å²) in [6.45, 7) is 2.25. The summed E-state index contributed by atoms with van der Waals surface area (Å²) >= 11 is 7.15. The second-order valence-electron chi connectivity index (χ2n) is 8.10. The van der Waals surface area contributed by atoms with Crippen molar-refractivity contribution in [3.05, 3.63) is 65.9 Å². The van der Waals surface area contributed by atoms with E-state index in [1.54, 1.807) is 41.4 Å². The van der Waals surface area contributed by atoms with E-state index in [0.717, 1.165) is 0 Å². The van der Waals surface area contributed by atoms with Crippen molar-refractivity contribution in [3.8, 4) is 11.1 Å². The lowest BCUT2D eigenvalue weighted by Crippen LogP contribution is -2.23. The van der Waals surface area contributed by atoms with Crippen LogP contribution in [-0.4, -0.2) is 59.5 Å². The van der Waals surface area contributed by atoms with Gasteiger partial charge in [0.1, 0.15) is 12.1 Å². The molecular weight excluding hydrogens is 576 g/mol. The van der Waals surface area contributed by atoms with E-state index in [-0.39, 0.29) is 25.4 Å². The summed E-state index contributed by atoms with van der Waals surface area (Å²) in [5.74, 6) is 0.138. The van der Waals surface area contributed by atoms with Crippen LogP contribution in [0.5, 0.6) is 0 Å². The first-order valence-electron chi connectivity index (χ1n) is 10.5. The number of aromatic nitrogens is 3. The van der Waals surface area contributed by atoms with Gasteiger partial charge in [-0.1, -0.05) is 23.7 Å². The number of carbonyl (C=O) groups excluding carboxylic acids is 1. The van der Waals surface area contributed by atoms with Crippen molar-refractivity contribution in [2.75, 3.05) is 23.3 Å². The van der Waals surface area contributed by atoms with Crippen LogP contribution in [0.4, 0.5) is 15.9 Å². The summed E-state index contributed by atoms with van der Waals surface area (Å²) in [6.07, 6.45) is 2.78. The average Bonchev–Trinajstić information content (AvgIpc) is 3.12. The minimum absolute atomic E-state index is 0.0382. The fraction of sp³-hybridized carbons (Fsp3) is 0.304. The molecule has 1 aliphatic rings. The SMILES string of the molecule is Cc1ncncc1-c1cc(C(=O)Nc2ccc(CC(F)(Cl)I)cc2)cnc1N1C[C@@H](O)[C@H](O)C1. The molecule has 1 saturated heterocycles. The Balaban J connectivity index is 1.62. The van der Waals surface area contributed by atoms with Gasteiger partial charge in [-0.25, -0.2) is 19.3 Å². The Morgan fingerprint density at radius 3 is 2.50 bits per heavy atom. The zero-order chi connectivity index (χ0) is 24.5. The number of aliphatic hydroxyl groups excluding tert-OH is 2. The van der Waals surface area contributed by atoms with Gasteiger partial charge in [-0.05, 0) is 53.3 Å². The zero-order valence-corrected chi connectivity index (χ0v) is 21.0. The highest BCUT2D eigenvalue weighted by Gasteiger charge is 2.32. The summed E-state index contributed by atoms with van der Waals surface area (Å²) < 4.78 is 11.8. The number of hydrogen-bond donors (Lipinski definition) is 3. The van der Waals surface area contributed by atoms with Gasteiger partial charge < -0.3 is 20.4 Å². The van der Waals surface area contributed by atoms with Crippen molar-refractivity contribution in [2.45, 2.75) is 28.7 Å². The Bertz CT molecular complexity index is 1180. The monoisotopic (exact) mass is 597 g/mol. The number of nitrogens with one attached hydrogen (secondary N) is 1. The third-order valence-corrected chi connectivity index (χ3v) is 6.02. The molecule has 3 aromatic rings. The molecule has 4 rings (SSSR count). The Kier molecular flexibility index (Phi) is 7.31. The summed E-state index contributed by atoms with van der Waals surface area (Å²) in [6, 6.07) is 8.45. The number of pyridine rings is 1. The Labute approximate surface area is 214 Å². The molecule has 34 heavy (non-hydrogen) atoms. The van der Waals surface area contributed by atoms with E-state index in [1.807, 2.05) is 6.92 Å². The van der Waals surface area contributed by atoms with E-state index in [1.165, 1.54) is 35.1 Å². The van der Waals surface area contributed by atoms with Gasteiger partial charge in [-0.3, -0.25) is 4.79 Å². The normalized spacial score (nSPS) is 19.6. The van der Waals surface area contributed by atoms with Crippen molar-refractivity contribution in [1.29, 1.82) is 0 Å². The molecule has 2 aromatic heterocycles. The second-order valence-corrected chi connectivity index (χ2v) is 11.0. The number of anilines is 2. The molecule has 1 aliphatic heterocycles. The maximum Gasteiger partial charge on any atom is 0.257 e. The summed E-state index contributed by atoms with van der Waals surface area (Å²) in [4.78, 5) is 27.6. The van der Waals surface area contributed by atoms with E-state index in [2.05, 4.69) is 20.3 Å². The molecule has 0 bridgehead atoms. The molecule has 1 unspecified atom stereocenters. The van der Waals surface area contributed by atoms with E-state index < -0.39 is 15.3 Å². The average molecular weight is 598 g/mol. The molecule has 0 spiro atoms. The van der Waals surface area contributed by atoms with E-state index in [4.69, 9.17) is 11.6 Å². The van der Waals surface area contributed by atoms with Gasteiger partial charge in [0, 0.05) is 54.4 Å². The zero-order valence-electron chi connectivity index (χ0n) is 18.1. The van der Waals surface area contributed by atoms with Crippen LogP contribution in [0.1, 0.15) is 21.6 Å². The molecule has 0 radical (unpaired) electrons. The lowest BCUT2D eigenvalue weighted by molar-refractivity contribution is 0.0572. The first-order chi connectivity index (χ1) is 16.1. The number of carbonyl (C=O) groups is 1. The van der Waals surface area contributed by atoms with Crippen LogP contribution in [0.25, 0.3) is 11.1 Å². The van der Waals surface area contributed by atoms with E-state index >= 15 is 0 Å². The van der Waals surface area contributed by atoms with Crippen molar-refractivity contribution in [1.82, 2.24) is 15.0 Å². The molecule has 0 saturated carbocycles. The number of benzene rings is 1. The molecule has 3 N–H and O–H groups in total. The number of alkyl halides is 3. The smallest absolute Gasteiger partial charge is 0.257 e. The Morgan fingerprint density at radius 1 is 1.21 bits per heavy atom. The number of rotatable bonds is 6. The number of aryl methyl sites for hydroxylation is 1. The van der Waals surface area contributed by atoms with Crippen LogP contribution in [0.15, 0.2) is 49.1 Å². The molecule has 11 heteroatoms. The first-order valence-corrected chi connectivity index (χ1v) is 11.9. The fourth-order valence-electron chi connectivity index (χ4n) is 3.77. The lowest BCUT2D eigenvalue weighted by atomic mass is 10.0. The van der Waals surface area contributed by atoms with Gasteiger partial charge in [-0.15, -0.1) is 0 Å². The van der Waals surface area contributed by atoms with Crippen molar-refractivity contribution >= 4 is 51.6 Å². The van der Waals surface area contributed by atoms with Crippen LogP contribution >= 0.6 is 34.2 Å².